The fourth-order valence-corrected chi connectivity index (χ4v) is 2.30. The van der Waals surface area contributed by atoms with Gasteiger partial charge in [-0.25, -0.2) is 0 Å². The Balaban J connectivity index is 1.97. The fraction of sp³-hybridized carbons (Fsp3) is 0.533. The second-order valence-corrected chi connectivity index (χ2v) is 5.07. The van der Waals surface area contributed by atoms with Crippen LogP contribution in [0.1, 0.15) is 38.2 Å². The molecule has 0 radical (unpaired) electrons. The van der Waals surface area contributed by atoms with Gasteiger partial charge < -0.3 is 15.2 Å². The Morgan fingerprint density at radius 3 is 2.79 bits per heavy atom. The molecule has 19 heavy (non-hydrogen) atoms. The van der Waals surface area contributed by atoms with Crippen molar-refractivity contribution in [2.45, 2.75) is 51.3 Å². The Labute approximate surface area is 113 Å². The number of carboxylic acids is 1. The molecule has 0 heterocycles. The van der Waals surface area contributed by atoms with E-state index in [0.29, 0.717) is 12.6 Å². The zero-order valence-corrected chi connectivity index (χ0v) is 11.3. The monoisotopic (exact) mass is 263 g/mol. The lowest BCUT2D eigenvalue weighted by molar-refractivity contribution is -0.139. The smallest absolute Gasteiger partial charge is 0.320 e. The predicted octanol–water partition coefficient (Wildman–Crippen LogP) is 2.57. The second kappa shape index (κ2) is 6.57. The van der Waals surface area contributed by atoms with Crippen molar-refractivity contribution in [3.63, 3.8) is 0 Å². The van der Waals surface area contributed by atoms with Crippen LogP contribution in [0.3, 0.4) is 0 Å². The van der Waals surface area contributed by atoms with Crippen molar-refractivity contribution in [3.05, 3.63) is 29.8 Å². The van der Waals surface area contributed by atoms with Crippen LogP contribution in [0.15, 0.2) is 24.3 Å². The number of benzene rings is 1. The Morgan fingerprint density at radius 2 is 2.11 bits per heavy atom. The van der Waals surface area contributed by atoms with Crippen LogP contribution in [-0.4, -0.2) is 23.2 Å². The molecule has 2 rings (SSSR count). The van der Waals surface area contributed by atoms with E-state index < -0.39 is 12.0 Å². The maximum atomic E-state index is 10.8. The summed E-state index contributed by atoms with van der Waals surface area (Å²) in [6.07, 6.45) is 5.03. The molecule has 1 aliphatic rings. The van der Waals surface area contributed by atoms with Gasteiger partial charge in [0.1, 0.15) is 11.8 Å². The number of carboxylic acid groups (broad SMARTS) is 1. The molecule has 0 aromatic heterocycles. The molecule has 1 saturated carbocycles. The minimum atomic E-state index is -0.839. The molecule has 0 saturated heterocycles. The second-order valence-electron chi connectivity index (χ2n) is 5.07. The van der Waals surface area contributed by atoms with Crippen LogP contribution in [0, 0.1) is 0 Å². The summed E-state index contributed by atoms with van der Waals surface area (Å²) < 4.78 is 6.01. The van der Waals surface area contributed by atoms with E-state index in [4.69, 9.17) is 9.84 Å². The quantitative estimate of drug-likeness (QED) is 0.828. The summed E-state index contributed by atoms with van der Waals surface area (Å²) in [5.74, 6) is 0.0358. The van der Waals surface area contributed by atoms with Gasteiger partial charge in [-0.05, 0) is 38.7 Å². The molecule has 0 aliphatic heterocycles. The zero-order chi connectivity index (χ0) is 13.7. The van der Waals surface area contributed by atoms with Gasteiger partial charge in [0, 0.05) is 12.1 Å². The van der Waals surface area contributed by atoms with Gasteiger partial charge in [-0.3, -0.25) is 4.79 Å². The van der Waals surface area contributed by atoms with Crippen LogP contribution in [-0.2, 0) is 11.3 Å². The third kappa shape index (κ3) is 3.96. The topological polar surface area (TPSA) is 58.6 Å². The average molecular weight is 263 g/mol. The summed E-state index contributed by atoms with van der Waals surface area (Å²) in [6.45, 7) is 2.15. The maximum Gasteiger partial charge on any atom is 0.320 e. The molecule has 1 aliphatic carbocycles. The van der Waals surface area contributed by atoms with E-state index in [2.05, 4.69) is 5.32 Å². The molecule has 1 atom stereocenters. The van der Waals surface area contributed by atoms with Gasteiger partial charge in [0.05, 0.1) is 6.10 Å². The molecular weight excluding hydrogens is 242 g/mol. The van der Waals surface area contributed by atoms with Crippen molar-refractivity contribution in [3.8, 4) is 5.75 Å². The third-order valence-corrected chi connectivity index (χ3v) is 3.54. The molecule has 4 nitrogen and oxygen atoms in total. The first-order chi connectivity index (χ1) is 9.16. The summed E-state index contributed by atoms with van der Waals surface area (Å²) in [7, 11) is 0. The summed E-state index contributed by atoms with van der Waals surface area (Å²) in [5, 5.41) is 11.8. The van der Waals surface area contributed by atoms with E-state index in [1.54, 1.807) is 6.92 Å². The number of para-hydroxylation sites is 1. The number of rotatable bonds is 6. The van der Waals surface area contributed by atoms with E-state index in [-0.39, 0.29) is 0 Å². The summed E-state index contributed by atoms with van der Waals surface area (Å²) >= 11 is 0. The normalized spacial score (nSPS) is 17.3. The summed E-state index contributed by atoms with van der Waals surface area (Å²) in [4.78, 5) is 10.8. The predicted molar refractivity (Wildman–Crippen MR) is 73.3 cm³/mol. The molecule has 4 heteroatoms. The molecular formula is C15H21NO3. The van der Waals surface area contributed by atoms with E-state index in [9.17, 15) is 4.79 Å². The van der Waals surface area contributed by atoms with E-state index in [0.717, 1.165) is 24.2 Å². The lowest BCUT2D eigenvalue weighted by Crippen LogP contribution is -2.33. The number of hydrogen-bond acceptors (Lipinski definition) is 3. The zero-order valence-electron chi connectivity index (χ0n) is 11.3. The van der Waals surface area contributed by atoms with Gasteiger partial charge in [0.25, 0.3) is 0 Å². The highest BCUT2D eigenvalue weighted by molar-refractivity contribution is 5.72. The molecule has 0 amide bonds. The number of carbonyl (C=O) groups is 1. The van der Waals surface area contributed by atoms with Crippen molar-refractivity contribution in [1.82, 2.24) is 5.32 Å². The van der Waals surface area contributed by atoms with Crippen LogP contribution in [0.4, 0.5) is 0 Å². The Kier molecular flexibility index (Phi) is 4.80. The number of ether oxygens (including phenoxy) is 1. The van der Waals surface area contributed by atoms with Gasteiger partial charge in [0.2, 0.25) is 0 Å². The molecule has 2 N–H and O–H groups in total. The summed E-state index contributed by atoms with van der Waals surface area (Å²) in [5.41, 5.74) is 1.02. The average Bonchev–Trinajstić information content (AvgIpc) is 2.90. The summed E-state index contributed by atoms with van der Waals surface area (Å²) in [6, 6.07) is 7.28. The SMILES string of the molecule is CC(NCc1ccccc1OC1CCCC1)C(=O)O. The Bertz CT molecular complexity index is 427. The lowest BCUT2D eigenvalue weighted by atomic mass is 10.2. The van der Waals surface area contributed by atoms with Gasteiger partial charge in [-0.1, -0.05) is 18.2 Å². The molecule has 0 bridgehead atoms. The van der Waals surface area contributed by atoms with E-state index >= 15 is 0 Å². The van der Waals surface area contributed by atoms with Crippen molar-refractivity contribution >= 4 is 5.97 Å². The molecule has 1 aromatic carbocycles. The lowest BCUT2D eigenvalue weighted by Gasteiger charge is -2.17. The van der Waals surface area contributed by atoms with Crippen LogP contribution in [0.25, 0.3) is 0 Å². The van der Waals surface area contributed by atoms with Gasteiger partial charge in [-0.15, -0.1) is 0 Å². The minimum Gasteiger partial charge on any atom is -0.490 e. The highest BCUT2D eigenvalue weighted by Crippen LogP contribution is 2.26. The molecule has 0 spiro atoms. The van der Waals surface area contributed by atoms with Gasteiger partial charge in [0.15, 0.2) is 0 Å². The number of aliphatic carboxylic acids is 1. The first-order valence-electron chi connectivity index (χ1n) is 6.87. The van der Waals surface area contributed by atoms with Gasteiger partial charge >= 0.3 is 5.97 Å². The molecule has 1 unspecified atom stereocenters. The van der Waals surface area contributed by atoms with Crippen molar-refractivity contribution in [2.75, 3.05) is 0 Å². The minimum absolute atomic E-state index is 0.318. The van der Waals surface area contributed by atoms with Crippen molar-refractivity contribution < 1.29 is 14.6 Å². The number of nitrogens with one attached hydrogen (secondary N) is 1. The first kappa shape index (κ1) is 13.9. The van der Waals surface area contributed by atoms with E-state index in [1.165, 1.54) is 12.8 Å². The highest BCUT2D eigenvalue weighted by Gasteiger charge is 2.18. The first-order valence-corrected chi connectivity index (χ1v) is 6.87. The highest BCUT2D eigenvalue weighted by atomic mass is 16.5. The molecule has 1 fully saturated rings. The fourth-order valence-electron chi connectivity index (χ4n) is 2.30. The van der Waals surface area contributed by atoms with Gasteiger partial charge in [-0.2, -0.15) is 0 Å². The Hall–Kier alpha value is -1.55. The van der Waals surface area contributed by atoms with Crippen molar-refractivity contribution in [2.24, 2.45) is 0 Å². The number of hydrogen-bond donors (Lipinski definition) is 2. The van der Waals surface area contributed by atoms with E-state index in [1.807, 2.05) is 24.3 Å². The third-order valence-electron chi connectivity index (χ3n) is 3.54. The Morgan fingerprint density at radius 1 is 1.42 bits per heavy atom. The standard InChI is InChI=1S/C15H21NO3/c1-11(15(17)18)16-10-12-6-2-5-9-14(12)19-13-7-3-4-8-13/h2,5-6,9,11,13,16H,3-4,7-8,10H2,1H3,(H,17,18). The van der Waals surface area contributed by atoms with Crippen LogP contribution in [0.5, 0.6) is 5.75 Å². The van der Waals surface area contributed by atoms with Crippen LogP contribution < -0.4 is 10.1 Å². The van der Waals surface area contributed by atoms with Crippen LogP contribution >= 0.6 is 0 Å². The maximum absolute atomic E-state index is 10.8. The van der Waals surface area contributed by atoms with Crippen LogP contribution in [0.2, 0.25) is 0 Å². The molecule has 1 aromatic rings. The molecule has 104 valence electrons. The largest absolute Gasteiger partial charge is 0.490 e. The van der Waals surface area contributed by atoms with Crippen molar-refractivity contribution in [1.29, 1.82) is 0 Å².